The lowest BCUT2D eigenvalue weighted by Crippen LogP contribution is -2.12. The van der Waals surface area contributed by atoms with Gasteiger partial charge in [-0.15, -0.1) is 0 Å². The molecule has 2 rings (SSSR count). The average Bonchev–Trinajstić information content (AvgIpc) is 2.62. The molecular formula is C9H16O. The fourth-order valence-corrected chi connectivity index (χ4v) is 2.23. The van der Waals surface area contributed by atoms with Crippen molar-refractivity contribution in [1.29, 1.82) is 0 Å². The fourth-order valence-electron chi connectivity index (χ4n) is 2.23. The van der Waals surface area contributed by atoms with Gasteiger partial charge in [0, 0.05) is 0 Å². The Bertz CT molecular complexity index is 122. The summed E-state index contributed by atoms with van der Waals surface area (Å²) in [5.74, 6) is 1.62. The molecule has 0 heterocycles. The second kappa shape index (κ2) is 2.54. The summed E-state index contributed by atoms with van der Waals surface area (Å²) in [6.45, 7) is 0. The maximum atomic E-state index is 9.52. The van der Waals surface area contributed by atoms with Gasteiger partial charge in [-0.05, 0) is 24.7 Å². The van der Waals surface area contributed by atoms with Crippen molar-refractivity contribution in [2.24, 2.45) is 11.8 Å². The van der Waals surface area contributed by atoms with E-state index in [0.717, 1.165) is 12.3 Å². The van der Waals surface area contributed by atoms with Crippen LogP contribution in [0.4, 0.5) is 0 Å². The minimum Gasteiger partial charge on any atom is -0.393 e. The molecule has 0 aliphatic heterocycles. The molecule has 3 atom stereocenters. The Morgan fingerprint density at radius 2 is 1.80 bits per heavy atom. The van der Waals surface area contributed by atoms with Crippen molar-refractivity contribution in [2.45, 2.75) is 44.6 Å². The maximum Gasteiger partial charge on any atom is 0.0571 e. The lowest BCUT2D eigenvalue weighted by Gasteiger charge is -2.12. The van der Waals surface area contributed by atoms with E-state index in [-0.39, 0.29) is 6.10 Å². The van der Waals surface area contributed by atoms with Gasteiger partial charge in [0.05, 0.1) is 6.10 Å². The first-order chi connectivity index (χ1) is 4.88. The van der Waals surface area contributed by atoms with E-state index in [0.29, 0.717) is 5.92 Å². The molecule has 1 nitrogen and oxygen atoms in total. The highest BCUT2D eigenvalue weighted by Crippen LogP contribution is 2.47. The third-order valence-corrected chi connectivity index (χ3v) is 3.05. The van der Waals surface area contributed by atoms with E-state index in [1.165, 1.54) is 32.1 Å². The molecule has 2 fully saturated rings. The Labute approximate surface area is 62.4 Å². The topological polar surface area (TPSA) is 20.2 Å². The van der Waals surface area contributed by atoms with Gasteiger partial charge in [0.1, 0.15) is 0 Å². The van der Waals surface area contributed by atoms with E-state index in [1.807, 2.05) is 0 Å². The highest BCUT2D eigenvalue weighted by molar-refractivity contribution is 4.92. The Balaban J connectivity index is 1.88. The lowest BCUT2D eigenvalue weighted by atomic mass is 9.99. The summed E-state index contributed by atoms with van der Waals surface area (Å²) >= 11 is 0. The van der Waals surface area contributed by atoms with E-state index in [9.17, 15) is 5.11 Å². The molecule has 10 heavy (non-hydrogen) atoms. The Kier molecular flexibility index (Phi) is 1.69. The minimum atomic E-state index is 0.0605. The zero-order valence-electron chi connectivity index (χ0n) is 6.42. The summed E-state index contributed by atoms with van der Waals surface area (Å²) in [6, 6.07) is 0. The van der Waals surface area contributed by atoms with E-state index in [4.69, 9.17) is 0 Å². The first kappa shape index (κ1) is 6.66. The van der Waals surface area contributed by atoms with E-state index in [2.05, 4.69) is 0 Å². The number of rotatable bonds is 0. The van der Waals surface area contributed by atoms with Crippen molar-refractivity contribution in [1.82, 2.24) is 0 Å². The summed E-state index contributed by atoms with van der Waals surface area (Å²) in [7, 11) is 0. The monoisotopic (exact) mass is 140 g/mol. The molecule has 0 aromatic heterocycles. The van der Waals surface area contributed by atoms with Crippen LogP contribution in [0.3, 0.4) is 0 Å². The first-order valence-corrected chi connectivity index (χ1v) is 4.56. The average molecular weight is 140 g/mol. The van der Waals surface area contributed by atoms with Gasteiger partial charge in [-0.3, -0.25) is 0 Å². The van der Waals surface area contributed by atoms with Gasteiger partial charge in [0.25, 0.3) is 0 Å². The van der Waals surface area contributed by atoms with Crippen molar-refractivity contribution in [3.8, 4) is 0 Å². The third-order valence-electron chi connectivity index (χ3n) is 3.05. The second-order valence-corrected chi connectivity index (χ2v) is 3.86. The van der Waals surface area contributed by atoms with Crippen molar-refractivity contribution in [3.63, 3.8) is 0 Å². The van der Waals surface area contributed by atoms with Gasteiger partial charge < -0.3 is 5.11 Å². The van der Waals surface area contributed by atoms with E-state index < -0.39 is 0 Å². The molecule has 2 saturated carbocycles. The minimum absolute atomic E-state index is 0.0605. The molecule has 0 aromatic carbocycles. The van der Waals surface area contributed by atoms with Gasteiger partial charge in [-0.2, -0.15) is 0 Å². The van der Waals surface area contributed by atoms with Gasteiger partial charge in [0.2, 0.25) is 0 Å². The maximum absolute atomic E-state index is 9.52. The van der Waals surface area contributed by atoms with Crippen LogP contribution in [0.15, 0.2) is 0 Å². The zero-order chi connectivity index (χ0) is 6.97. The second-order valence-electron chi connectivity index (χ2n) is 3.86. The fraction of sp³-hybridized carbons (Fsp3) is 1.00. The number of aliphatic hydroxyl groups is 1. The Morgan fingerprint density at radius 1 is 1.00 bits per heavy atom. The van der Waals surface area contributed by atoms with E-state index >= 15 is 0 Å². The van der Waals surface area contributed by atoms with Crippen LogP contribution in [-0.4, -0.2) is 11.2 Å². The SMILES string of the molecule is O[C@@H]1CCCCC[C@H]2C[C@@H]21. The first-order valence-electron chi connectivity index (χ1n) is 4.56. The molecule has 58 valence electrons. The Morgan fingerprint density at radius 3 is 2.70 bits per heavy atom. The van der Waals surface area contributed by atoms with Crippen LogP contribution in [-0.2, 0) is 0 Å². The molecule has 0 aromatic rings. The van der Waals surface area contributed by atoms with Crippen LogP contribution < -0.4 is 0 Å². The number of hydrogen-bond acceptors (Lipinski definition) is 1. The van der Waals surface area contributed by atoms with Crippen molar-refractivity contribution in [3.05, 3.63) is 0 Å². The molecule has 2 aliphatic rings. The molecular weight excluding hydrogens is 124 g/mol. The normalized spacial score (nSPS) is 47.1. The van der Waals surface area contributed by atoms with Gasteiger partial charge in [-0.1, -0.05) is 25.7 Å². The van der Waals surface area contributed by atoms with Crippen LogP contribution in [0, 0.1) is 11.8 Å². The van der Waals surface area contributed by atoms with Crippen LogP contribution in [0.2, 0.25) is 0 Å². The van der Waals surface area contributed by atoms with Crippen molar-refractivity contribution in [2.75, 3.05) is 0 Å². The Hall–Kier alpha value is -0.0400. The number of aliphatic hydroxyl groups excluding tert-OH is 1. The molecule has 0 saturated heterocycles. The number of fused-ring (bicyclic) bond motifs is 1. The molecule has 2 aliphatic carbocycles. The van der Waals surface area contributed by atoms with Crippen LogP contribution in [0.5, 0.6) is 0 Å². The van der Waals surface area contributed by atoms with Crippen LogP contribution >= 0.6 is 0 Å². The van der Waals surface area contributed by atoms with Gasteiger partial charge in [0.15, 0.2) is 0 Å². The predicted molar refractivity (Wildman–Crippen MR) is 40.7 cm³/mol. The number of hydrogen-bond donors (Lipinski definition) is 1. The standard InChI is InChI=1S/C9H16O/c10-9-5-3-1-2-4-7-6-8(7)9/h7-10H,1-6H2/t7-,8-,9+/m0/s1. The zero-order valence-corrected chi connectivity index (χ0v) is 6.42. The molecule has 0 bridgehead atoms. The van der Waals surface area contributed by atoms with Crippen LogP contribution in [0.25, 0.3) is 0 Å². The third kappa shape index (κ3) is 1.20. The highest BCUT2D eigenvalue weighted by Gasteiger charge is 2.41. The molecule has 0 radical (unpaired) electrons. The predicted octanol–water partition coefficient (Wildman–Crippen LogP) is 1.95. The molecule has 1 heteroatoms. The summed E-state index contributed by atoms with van der Waals surface area (Å²) < 4.78 is 0. The van der Waals surface area contributed by atoms with Gasteiger partial charge in [-0.25, -0.2) is 0 Å². The smallest absolute Gasteiger partial charge is 0.0571 e. The molecule has 0 spiro atoms. The quantitative estimate of drug-likeness (QED) is 0.545. The van der Waals surface area contributed by atoms with Crippen molar-refractivity contribution >= 4 is 0 Å². The summed E-state index contributed by atoms with van der Waals surface area (Å²) in [5, 5.41) is 9.52. The largest absolute Gasteiger partial charge is 0.393 e. The highest BCUT2D eigenvalue weighted by atomic mass is 16.3. The molecule has 0 amide bonds. The van der Waals surface area contributed by atoms with Crippen LogP contribution in [0.1, 0.15) is 38.5 Å². The van der Waals surface area contributed by atoms with Crippen molar-refractivity contribution < 1.29 is 5.11 Å². The summed E-state index contributed by atoms with van der Waals surface area (Å²) in [5.41, 5.74) is 0. The van der Waals surface area contributed by atoms with Gasteiger partial charge >= 0.3 is 0 Å². The summed E-state index contributed by atoms with van der Waals surface area (Å²) in [6.07, 6.45) is 7.85. The lowest BCUT2D eigenvalue weighted by molar-refractivity contribution is 0.126. The molecule has 0 unspecified atom stereocenters. The summed E-state index contributed by atoms with van der Waals surface area (Å²) in [4.78, 5) is 0. The molecule has 1 N–H and O–H groups in total. The van der Waals surface area contributed by atoms with E-state index in [1.54, 1.807) is 0 Å².